The zero-order chi connectivity index (χ0) is 19.6. The first-order valence-corrected chi connectivity index (χ1v) is 10.7. The highest BCUT2D eigenvalue weighted by Gasteiger charge is 2.31. The van der Waals surface area contributed by atoms with Crippen LogP contribution in [0.15, 0.2) is 29.2 Å². The SMILES string of the molecule is Cc1cc(C)c(S(=O)(=O)N2CCC(COc3ccc(C)nn3)CC2)c(C)c1. The number of piperidine rings is 1. The van der Waals surface area contributed by atoms with Gasteiger partial charge < -0.3 is 4.74 Å². The summed E-state index contributed by atoms with van der Waals surface area (Å²) in [6.07, 6.45) is 1.56. The third kappa shape index (κ3) is 4.47. The first-order chi connectivity index (χ1) is 12.8. The molecule has 3 rings (SSSR count). The highest BCUT2D eigenvalue weighted by molar-refractivity contribution is 7.89. The Hall–Kier alpha value is -1.99. The molecule has 0 spiro atoms. The zero-order valence-electron chi connectivity index (χ0n) is 16.4. The van der Waals surface area contributed by atoms with Crippen LogP contribution >= 0.6 is 0 Å². The van der Waals surface area contributed by atoms with E-state index in [-0.39, 0.29) is 0 Å². The number of hydrogen-bond donors (Lipinski definition) is 0. The maximum Gasteiger partial charge on any atom is 0.243 e. The summed E-state index contributed by atoms with van der Waals surface area (Å²) in [4.78, 5) is 0.456. The lowest BCUT2D eigenvalue weighted by Gasteiger charge is -2.31. The van der Waals surface area contributed by atoms with Crippen LogP contribution in [0.5, 0.6) is 5.88 Å². The first-order valence-electron chi connectivity index (χ1n) is 9.28. The van der Waals surface area contributed by atoms with Crippen molar-refractivity contribution >= 4 is 10.0 Å². The lowest BCUT2D eigenvalue weighted by molar-refractivity contribution is 0.179. The van der Waals surface area contributed by atoms with Crippen molar-refractivity contribution in [3.8, 4) is 5.88 Å². The Kier molecular flexibility index (Phi) is 5.81. The van der Waals surface area contributed by atoms with Gasteiger partial charge in [-0.15, -0.1) is 5.10 Å². The van der Waals surface area contributed by atoms with Crippen molar-refractivity contribution in [2.45, 2.75) is 45.4 Å². The van der Waals surface area contributed by atoms with E-state index in [4.69, 9.17) is 4.74 Å². The van der Waals surface area contributed by atoms with Gasteiger partial charge in [0.15, 0.2) is 0 Å². The normalized spacial score (nSPS) is 16.4. The Labute approximate surface area is 161 Å². The van der Waals surface area contributed by atoms with E-state index in [1.54, 1.807) is 4.31 Å². The maximum atomic E-state index is 13.1. The fourth-order valence-electron chi connectivity index (χ4n) is 3.69. The molecule has 0 bridgehead atoms. The van der Waals surface area contributed by atoms with Gasteiger partial charge in [-0.25, -0.2) is 8.42 Å². The van der Waals surface area contributed by atoms with Crippen LogP contribution < -0.4 is 4.74 Å². The van der Waals surface area contributed by atoms with Gasteiger partial charge in [0.05, 0.1) is 17.2 Å². The topological polar surface area (TPSA) is 72.4 Å². The molecule has 0 aliphatic carbocycles. The minimum Gasteiger partial charge on any atom is -0.476 e. The molecule has 1 fully saturated rings. The minimum absolute atomic E-state index is 0.319. The number of aryl methyl sites for hydroxylation is 4. The predicted molar refractivity (Wildman–Crippen MR) is 104 cm³/mol. The molecule has 0 saturated carbocycles. The quantitative estimate of drug-likeness (QED) is 0.785. The van der Waals surface area contributed by atoms with Crippen LogP contribution in [0.3, 0.4) is 0 Å². The summed E-state index contributed by atoms with van der Waals surface area (Å²) in [7, 11) is -3.47. The molecule has 1 aromatic heterocycles. The van der Waals surface area contributed by atoms with E-state index >= 15 is 0 Å². The van der Waals surface area contributed by atoms with Crippen molar-refractivity contribution in [3.63, 3.8) is 0 Å². The average Bonchev–Trinajstić information content (AvgIpc) is 2.60. The Morgan fingerprint density at radius 2 is 1.67 bits per heavy atom. The molecule has 7 heteroatoms. The van der Waals surface area contributed by atoms with Crippen molar-refractivity contribution in [1.82, 2.24) is 14.5 Å². The molecule has 0 amide bonds. The van der Waals surface area contributed by atoms with Crippen LogP contribution in [0.2, 0.25) is 0 Å². The van der Waals surface area contributed by atoms with Gasteiger partial charge in [-0.3, -0.25) is 0 Å². The van der Waals surface area contributed by atoms with E-state index in [1.165, 1.54) is 0 Å². The Morgan fingerprint density at radius 1 is 1.04 bits per heavy atom. The number of ether oxygens (including phenoxy) is 1. The monoisotopic (exact) mass is 389 g/mol. The summed E-state index contributed by atoms with van der Waals surface area (Å²) in [5.41, 5.74) is 3.56. The average molecular weight is 390 g/mol. The van der Waals surface area contributed by atoms with E-state index in [1.807, 2.05) is 52.0 Å². The lowest BCUT2D eigenvalue weighted by atomic mass is 9.99. The van der Waals surface area contributed by atoms with Crippen LogP contribution in [0.1, 0.15) is 35.2 Å². The molecule has 2 heterocycles. The van der Waals surface area contributed by atoms with Crippen LogP contribution in [0.25, 0.3) is 0 Å². The summed E-state index contributed by atoms with van der Waals surface area (Å²) in [5.74, 6) is 0.835. The number of rotatable bonds is 5. The van der Waals surface area contributed by atoms with Crippen molar-refractivity contribution in [2.75, 3.05) is 19.7 Å². The number of hydrogen-bond acceptors (Lipinski definition) is 5. The second-order valence-corrected chi connectivity index (χ2v) is 9.27. The highest BCUT2D eigenvalue weighted by Crippen LogP contribution is 2.29. The lowest BCUT2D eigenvalue weighted by Crippen LogP contribution is -2.40. The number of aromatic nitrogens is 2. The molecule has 0 unspecified atom stereocenters. The predicted octanol–water partition coefficient (Wildman–Crippen LogP) is 3.19. The molecular formula is C20H27N3O3S. The standard InChI is InChI=1S/C20H27N3O3S/c1-14-11-15(2)20(16(3)12-14)27(24,25)23-9-7-18(8-10-23)13-26-19-6-5-17(4)21-22-19/h5-6,11-12,18H,7-10,13H2,1-4H3. The number of benzene rings is 1. The Morgan fingerprint density at radius 3 is 2.22 bits per heavy atom. The van der Waals surface area contributed by atoms with E-state index in [2.05, 4.69) is 10.2 Å². The van der Waals surface area contributed by atoms with Crippen molar-refractivity contribution in [1.29, 1.82) is 0 Å². The molecule has 146 valence electrons. The van der Waals surface area contributed by atoms with Gasteiger partial charge in [-0.05, 0) is 63.6 Å². The summed E-state index contributed by atoms with van der Waals surface area (Å²) >= 11 is 0. The molecule has 6 nitrogen and oxygen atoms in total. The van der Waals surface area contributed by atoms with E-state index in [9.17, 15) is 8.42 Å². The van der Waals surface area contributed by atoms with E-state index in [0.717, 1.165) is 35.2 Å². The molecule has 1 saturated heterocycles. The molecule has 2 aromatic rings. The van der Waals surface area contributed by atoms with Crippen LogP contribution in [-0.2, 0) is 10.0 Å². The van der Waals surface area contributed by atoms with Gasteiger partial charge in [-0.1, -0.05) is 17.7 Å². The summed E-state index contributed by atoms with van der Waals surface area (Å²) in [6.45, 7) is 9.18. The molecule has 1 aromatic carbocycles. The Balaban J connectivity index is 1.62. The van der Waals surface area contributed by atoms with E-state index in [0.29, 0.717) is 36.4 Å². The molecule has 1 aliphatic heterocycles. The Bertz CT molecular complexity index is 880. The summed E-state index contributed by atoms with van der Waals surface area (Å²) in [6, 6.07) is 7.54. The van der Waals surface area contributed by atoms with Gasteiger partial charge in [0.25, 0.3) is 0 Å². The molecular weight excluding hydrogens is 362 g/mol. The summed E-state index contributed by atoms with van der Waals surface area (Å²) in [5, 5.41) is 7.99. The summed E-state index contributed by atoms with van der Waals surface area (Å²) < 4.78 is 33.6. The maximum absolute atomic E-state index is 13.1. The fourth-order valence-corrected chi connectivity index (χ4v) is 5.57. The van der Waals surface area contributed by atoms with Crippen molar-refractivity contribution < 1.29 is 13.2 Å². The second kappa shape index (κ2) is 7.94. The second-order valence-electron chi connectivity index (χ2n) is 7.40. The van der Waals surface area contributed by atoms with Crippen LogP contribution in [-0.4, -0.2) is 42.6 Å². The number of nitrogens with zero attached hydrogens (tertiary/aromatic N) is 3. The third-order valence-corrected chi connectivity index (χ3v) is 7.22. The molecule has 27 heavy (non-hydrogen) atoms. The van der Waals surface area contributed by atoms with Gasteiger partial charge in [-0.2, -0.15) is 9.40 Å². The highest BCUT2D eigenvalue weighted by atomic mass is 32.2. The molecule has 0 atom stereocenters. The van der Waals surface area contributed by atoms with Crippen LogP contribution in [0.4, 0.5) is 0 Å². The van der Waals surface area contributed by atoms with Gasteiger partial charge in [0, 0.05) is 19.2 Å². The third-order valence-electron chi connectivity index (χ3n) is 5.02. The minimum atomic E-state index is -3.47. The number of sulfonamides is 1. The molecule has 0 radical (unpaired) electrons. The fraction of sp³-hybridized carbons (Fsp3) is 0.500. The van der Waals surface area contributed by atoms with E-state index < -0.39 is 10.0 Å². The van der Waals surface area contributed by atoms with Crippen LogP contribution in [0, 0.1) is 33.6 Å². The zero-order valence-corrected chi connectivity index (χ0v) is 17.2. The first kappa shape index (κ1) is 19.8. The smallest absolute Gasteiger partial charge is 0.243 e. The molecule has 0 N–H and O–H groups in total. The van der Waals surface area contributed by atoms with Gasteiger partial charge in [0.2, 0.25) is 15.9 Å². The van der Waals surface area contributed by atoms with Crippen molar-refractivity contribution in [3.05, 3.63) is 46.6 Å². The van der Waals surface area contributed by atoms with Gasteiger partial charge in [0.1, 0.15) is 0 Å². The molecule has 1 aliphatic rings. The van der Waals surface area contributed by atoms with Crippen molar-refractivity contribution in [2.24, 2.45) is 5.92 Å². The van der Waals surface area contributed by atoms with Gasteiger partial charge >= 0.3 is 0 Å². The largest absolute Gasteiger partial charge is 0.476 e.